The zero-order chi connectivity index (χ0) is 15.6. The van der Waals surface area contributed by atoms with E-state index in [-0.39, 0.29) is 24.1 Å². The van der Waals surface area contributed by atoms with Crippen molar-refractivity contribution in [1.82, 2.24) is 4.90 Å². The number of allylic oxidation sites excluding steroid dienone is 1. The zero-order valence-electron chi connectivity index (χ0n) is 12.4. The van der Waals surface area contributed by atoms with Crippen LogP contribution in [-0.4, -0.2) is 22.3 Å². The number of thioether (sulfide) groups is 1. The van der Waals surface area contributed by atoms with E-state index in [2.05, 4.69) is 0 Å². The molecule has 1 aliphatic heterocycles. The molecule has 0 radical (unpaired) electrons. The third kappa shape index (κ3) is 3.94. The lowest BCUT2D eigenvalue weighted by molar-refractivity contribution is -0.125. The van der Waals surface area contributed by atoms with E-state index in [1.807, 2.05) is 20.8 Å². The number of rotatable bonds is 3. The molecule has 0 aliphatic carbocycles. The molecule has 1 heterocycles. The summed E-state index contributed by atoms with van der Waals surface area (Å²) in [7, 11) is 0. The predicted molar refractivity (Wildman–Crippen MR) is 82.0 cm³/mol. The fourth-order valence-corrected chi connectivity index (χ4v) is 2.79. The Balaban J connectivity index is 2.21. The zero-order valence-corrected chi connectivity index (χ0v) is 13.2. The number of carbonyl (C=O) groups is 2. The second-order valence-electron chi connectivity index (χ2n) is 6.00. The molecule has 1 aliphatic rings. The monoisotopic (exact) mass is 307 g/mol. The SMILES string of the molecule is CC(C)(C)C(=O)/C=C1/SCC(=O)N1Cc1cccc(F)c1. The highest BCUT2D eigenvalue weighted by Gasteiger charge is 2.29. The van der Waals surface area contributed by atoms with E-state index < -0.39 is 5.41 Å². The van der Waals surface area contributed by atoms with Gasteiger partial charge in [0.2, 0.25) is 5.91 Å². The van der Waals surface area contributed by atoms with Crippen molar-refractivity contribution in [2.45, 2.75) is 27.3 Å². The molecule has 2 rings (SSSR count). The Bertz CT molecular complexity index is 605. The lowest BCUT2D eigenvalue weighted by Gasteiger charge is -2.19. The maximum absolute atomic E-state index is 13.2. The number of hydrogen-bond donors (Lipinski definition) is 0. The van der Waals surface area contributed by atoms with Gasteiger partial charge in [0, 0.05) is 11.5 Å². The molecule has 21 heavy (non-hydrogen) atoms. The fourth-order valence-electron chi connectivity index (χ4n) is 1.85. The molecule has 3 nitrogen and oxygen atoms in total. The van der Waals surface area contributed by atoms with Crippen molar-refractivity contribution in [2.75, 3.05) is 5.75 Å². The van der Waals surface area contributed by atoms with Crippen LogP contribution in [0.2, 0.25) is 0 Å². The lowest BCUT2D eigenvalue weighted by atomic mass is 9.91. The van der Waals surface area contributed by atoms with Crippen LogP contribution in [0.5, 0.6) is 0 Å². The Morgan fingerprint density at radius 2 is 2.14 bits per heavy atom. The molecule has 1 aromatic carbocycles. The second kappa shape index (κ2) is 6.02. The van der Waals surface area contributed by atoms with Gasteiger partial charge in [0.25, 0.3) is 0 Å². The molecule has 0 aromatic heterocycles. The van der Waals surface area contributed by atoms with E-state index in [0.29, 0.717) is 16.3 Å². The summed E-state index contributed by atoms with van der Waals surface area (Å²) in [6, 6.07) is 6.15. The van der Waals surface area contributed by atoms with Gasteiger partial charge in [-0.2, -0.15) is 0 Å². The van der Waals surface area contributed by atoms with Crippen LogP contribution in [0.3, 0.4) is 0 Å². The van der Waals surface area contributed by atoms with Crippen molar-refractivity contribution in [1.29, 1.82) is 0 Å². The summed E-state index contributed by atoms with van der Waals surface area (Å²) in [5.41, 5.74) is 0.226. The first-order valence-electron chi connectivity index (χ1n) is 6.71. The summed E-state index contributed by atoms with van der Waals surface area (Å²) in [4.78, 5) is 25.6. The van der Waals surface area contributed by atoms with Crippen molar-refractivity contribution in [2.24, 2.45) is 5.41 Å². The average Bonchev–Trinajstić information content (AvgIpc) is 2.70. The highest BCUT2D eigenvalue weighted by Crippen LogP contribution is 2.31. The largest absolute Gasteiger partial charge is 0.301 e. The average molecular weight is 307 g/mol. The van der Waals surface area contributed by atoms with Gasteiger partial charge in [-0.15, -0.1) is 0 Å². The number of hydrogen-bond acceptors (Lipinski definition) is 3. The Morgan fingerprint density at radius 1 is 1.43 bits per heavy atom. The van der Waals surface area contributed by atoms with Gasteiger partial charge < -0.3 is 4.90 Å². The predicted octanol–water partition coefficient (Wildman–Crippen LogP) is 3.36. The molecule has 0 unspecified atom stereocenters. The molecule has 0 saturated carbocycles. The van der Waals surface area contributed by atoms with Crippen LogP contribution in [0.25, 0.3) is 0 Å². The smallest absolute Gasteiger partial charge is 0.238 e. The second-order valence-corrected chi connectivity index (χ2v) is 6.99. The van der Waals surface area contributed by atoms with Crippen LogP contribution in [0.4, 0.5) is 4.39 Å². The number of ketones is 1. The molecule has 0 bridgehead atoms. The molecule has 5 heteroatoms. The van der Waals surface area contributed by atoms with Gasteiger partial charge in [-0.1, -0.05) is 44.7 Å². The highest BCUT2D eigenvalue weighted by atomic mass is 32.2. The first kappa shape index (κ1) is 15.8. The van der Waals surface area contributed by atoms with Gasteiger partial charge in [-0.05, 0) is 17.7 Å². The number of carbonyl (C=O) groups excluding carboxylic acids is 2. The Labute approximate surface area is 128 Å². The number of benzene rings is 1. The molecule has 112 valence electrons. The van der Waals surface area contributed by atoms with Gasteiger partial charge in [-0.25, -0.2) is 4.39 Å². The molecular weight excluding hydrogens is 289 g/mol. The van der Waals surface area contributed by atoms with E-state index in [4.69, 9.17) is 0 Å². The summed E-state index contributed by atoms with van der Waals surface area (Å²) in [5, 5.41) is 0.643. The molecule has 1 saturated heterocycles. The third-order valence-corrected chi connectivity index (χ3v) is 4.16. The number of amides is 1. The summed E-state index contributed by atoms with van der Waals surface area (Å²) in [6.07, 6.45) is 1.52. The molecular formula is C16H18FNO2S. The van der Waals surface area contributed by atoms with Gasteiger partial charge in [0.05, 0.1) is 17.3 Å². The number of halogens is 1. The first-order valence-corrected chi connectivity index (χ1v) is 7.69. The Morgan fingerprint density at radius 3 is 2.76 bits per heavy atom. The van der Waals surface area contributed by atoms with Crippen molar-refractivity contribution in [3.05, 3.63) is 46.8 Å². The first-order chi connectivity index (χ1) is 9.77. The maximum Gasteiger partial charge on any atom is 0.238 e. The van der Waals surface area contributed by atoms with E-state index >= 15 is 0 Å². The van der Waals surface area contributed by atoms with Crippen LogP contribution in [0.1, 0.15) is 26.3 Å². The molecule has 0 atom stereocenters. The molecule has 1 fully saturated rings. The van der Waals surface area contributed by atoms with E-state index in [1.165, 1.54) is 30.0 Å². The minimum absolute atomic E-state index is 0.0241. The quantitative estimate of drug-likeness (QED) is 0.804. The van der Waals surface area contributed by atoms with Crippen LogP contribution in [-0.2, 0) is 16.1 Å². The standard InChI is InChI=1S/C16H18FNO2S/c1-16(2,3)13(19)8-15-18(14(20)10-21-15)9-11-5-4-6-12(17)7-11/h4-8H,9-10H2,1-3H3/b15-8+. The van der Waals surface area contributed by atoms with Crippen LogP contribution < -0.4 is 0 Å². The van der Waals surface area contributed by atoms with Crippen molar-refractivity contribution in [3.8, 4) is 0 Å². The van der Waals surface area contributed by atoms with Crippen molar-refractivity contribution >= 4 is 23.5 Å². The molecule has 0 N–H and O–H groups in total. The Kier molecular flexibility index (Phi) is 4.52. The maximum atomic E-state index is 13.2. The lowest BCUT2D eigenvalue weighted by Crippen LogP contribution is -2.25. The third-order valence-electron chi connectivity index (χ3n) is 3.13. The van der Waals surface area contributed by atoms with Crippen molar-refractivity contribution < 1.29 is 14.0 Å². The van der Waals surface area contributed by atoms with Crippen LogP contribution in [0.15, 0.2) is 35.4 Å². The normalized spacial score (nSPS) is 17.6. The van der Waals surface area contributed by atoms with Crippen LogP contribution in [0, 0.1) is 11.2 Å². The van der Waals surface area contributed by atoms with E-state index in [9.17, 15) is 14.0 Å². The van der Waals surface area contributed by atoms with E-state index in [0.717, 1.165) is 0 Å². The van der Waals surface area contributed by atoms with Gasteiger partial charge in [-0.3, -0.25) is 9.59 Å². The summed E-state index contributed by atoms with van der Waals surface area (Å²) < 4.78 is 13.2. The molecule has 1 amide bonds. The summed E-state index contributed by atoms with van der Waals surface area (Å²) in [6.45, 7) is 5.80. The van der Waals surface area contributed by atoms with Gasteiger partial charge in [0.15, 0.2) is 5.78 Å². The minimum Gasteiger partial charge on any atom is -0.301 e. The fraction of sp³-hybridized carbons (Fsp3) is 0.375. The van der Waals surface area contributed by atoms with Gasteiger partial charge >= 0.3 is 0 Å². The van der Waals surface area contributed by atoms with Crippen LogP contribution >= 0.6 is 11.8 Å². The topological polar surface area (TPSA) is 37.4 Å². The Hall–Kier alpha value is -1.62. The number of nitrogens with zero attached hydrogens (tertiary/aromatic N) is 1. The van der Waals surface area contributed by atoms with E-state index in [1.54, 1.807) is 17.0 Å². The summed E-state index contributed by atoms with van der Waals surface area (Å²) in [5.74, 6) is -0.0947. The highest BCUT2D eigenvalue weighted by molar-refractivity contribution is 8.04. The summed E-state index contributed by atoms with van der Waals surface area (Å²) >= 11 is 1.35. The minimum atomic E-state index is -0.482. The molecule has 1 aromatic rings. The molecule has 0 spiro atoms. The van der Waals surface area contributed by atoms with Gasteiger partial charge in [0.1, 0.15) is 5.82 Å². The van der Waals surface area contributed by atoms with Crippen molar-refractivity contribution in [3.63, 3.8) is 0 Å².